The minimum Gasteiger partial charge on any atom is -0.468 e. The zero-order valence-corrected chi connectivity index (χ0v) is 16.5. The van der Waals surface area contributed by atoms with Crippen LogP contribution in [0, 0.1) is 0 Å². The summed E-state index contributed by atoms with van der Waals surface area (Å²) in [6.45, 7) is -0.330. The van der Waals surface area contributed by atoms with E-state index >= 15 is 0 Å². The monoisotopic (exact) mass is 486 g/mol. The zero-order valence-electron chi connectivity index (χ0n) is 13.3. The Hall–Kier alpha value is -1.56. The van der Waals surface area contributed by atoms with Gasteiger partial charge in [-0.1, -0.05) is 6.07 Å². The fraction of sp³-hybridized carbons (Fsp3) is 0.333. The van der Waals surface area contributed by atoms with Gasteiger partial charge in [-0.05, 0) is 23.1 Å². The van der Waals surface area contributed by atoms with Gasteiger partial charge in [0.25, 0.3) is 0 Å². The Bertz CT molecular complexity index is 665. The fourth-order valence-electron chi connectivity index (χ4n) is 1.79. The second-order valence-corrected chi connectivity index (χ2v) is 5.80. The van der Waals surface area contributed by atoms with E-state index < -0.39 is 12.8 Å². The van der Waals surface area contributed by atoms with Crippen molar-refractivity contribution < 1.29 is 17.9 Å². The Morgan fingerprint density at radius 3 is 2.68 bits per heavy atom. The van der Waals surface area contributed by atoms with Crippen LogP contribution in [0.3, 0.4) is 0 Å². The summed E-state index contributed by atoms with van der Waals surface area (Å²) in [5.41, 5.74) is 0.737. The summed E-state index contributed by atoms with van der Waals surface area (Å²) in [5.74, 6) is 0.533. The summed E-state index contributed by atoms with van der Waals surface area (Å²) >= 11 is 1.64. The number of nitrogens with zero attached hydrogens (tertiary/aromatic N) is 2. The van der Waals surface area contributed by atoms with Gasteiger partial charge in [-0.15, -0.1) is 35.3 Å². The molecule has 0 amide bonds. The minimum absolute atomic E-state index is 0. The van der Waals surface area contributed by atoms with Gasteiger partial charge in [-0.25, -0.2) is 4.98 Å². The number of hydrogen-bond acceptors (Lipinski definition) is 4. The predicted molar refractivity (Wildman–Crippen MR) is 103 cm³/mol. The fourth-order valence-corrected chi connectivity index (χ4v) is 2.43. The highest BCUT2D eigenvalue weighted by Gasteiger charge is 2.28. The van der Waals surface area contributed by atoms with Gasteiger partial charge in [0.1, 0.15) is 0 Å². The van der Waals surface area contributed by atoms with E-state index in [1.807, 2.05) is 17.5 Å². The predicted octanol–water partition coefficient (Wildman–Crippen LogP) is 3.57. The number of pyridine rings is 1. The molecule has 2 N–H and O–H groups in total. The smallest absolute Gasteiger partial charge is 0.422 e. The number of rotatable bonds is 6. The number of aromatic nitrogens is 1. The molecule has 0 atom stereocenters. The molecule has 0 aliphatic heterocycles. The van der Waals surface area contributed by atoms with Crippen LogP contribution >= 0.6 is 35.3 Å². The minimum atomic E-state index is -4.39. The summed E-state index contributed by atoms with van der Waals surface area (Å²) in [6.07, 6.45) is -2.98. The van der Waals surface area contributed by atoms with Gasteiger partial charge in [-0.2, -0.15) is 13.2 Å². The van der Waals surface area contributed by atoms with Gasteiger partial charge in [0, 0.05) is 30.7 Å². The van der Waals surface area contributed by atoms with Crippen LogP contribution < -0.4 is 15.4 Å². The Labute approximate surface area is 164 Å². The molecule has 138 valence electrons. The van der Waals surface area contributed by atoms with Crippen molar-refractivity contribution in [1.29, 1.82) is 0 Å². The quantitative estimate of drug-likeness (QED) is 0.373. The van der Waals surface area contributed by atoms with Gasteiger partial charge < -0.3 is 15.4 Å². The van der Waals surface area contributed by atoms with Crippen molar-refractivity contribution >= 4 is 41.3 Å². The number of ether oxygens (including phenoxy) is 1. The van der Waals surface area contributed by atoms with E-state index in [4.69, 9.17) is 0 Å². The van der Waals surface area contributed by atoms with Crippen molar-refractivity contribution in [3.05, 3.63) is 46.3 Å². The van der Waals surface area contributed by atoms with Crippen LogP contribution in [0.1, 0.15) is 10.4 Å². The molecule has 25 heavy (non-hydrogen) atoms. The highest BCUT2D eigenvalue weighted by atomic mass is 127. The maximum Gasteiger partial charge on any atom is 0.422 e. The largest absolute Gasteiger partial charge is 0.468 e. The van der Waals surface area contributed by atoms with Crippen LogP contribution in [0.25, 0.3) is 0 Å². The molecule has 2 aromatic rings. The maximum atomic E-state index is 12.2. The Morgan fingerprint density at radius 1 is 1.28 bits per heavy atom. The molecule has 0 fully saturated rings. The molecule has 0 bridgehead atoms. The number of aliphatic imine (C=N–C) groups is 1. The van der Waals surface area contributed by atoms with Crippen molar-refractivity contribution in [3.63, 3.8) is 0 Å². The summed E-state index contributed by atoms with van der Waals surface area (Å²) in [6, 6.07) is 7.14. The molecule has 0 aliphatic rings. The molecule has 0 aromatic carbocycles. The SMILES string of the molecule is CN=C(NCc1ccnc(OCC(F)(F)F)c1)NCc1cccs1.I. The first-order chi connectivity index (χ1) is 11.5. The number of guanidine groups is 1. The topological polar surface area (TPSA) is 58.5 Å². The molecular formula is C15H18F3IN4OS. The van der Waals surface area contributed by atoms with Crippen molar-refractivity contribution in [3.8, 4) is 5.88 Å². The maximum absolute atomic E-state index is 12.2. The van der Waals surface area contributed by atoms with Crippen LogP contribution in [0.15, 0.2) is 40.8 Å². The summed E-state index contributed by atoms with van der Waals surface area (Å²) in [5, 5.41) is 8.23. The Morgan fingerprint density at radius 2 is 2.04 bits per heavy atom. The van der Waals surface area contributed by atoms with Crippen LogP contribution in [0.4, 0.5) is 13.2 Å². The van der Waals surface area contributed by atoms with Crippen molar-refractivity contribution in [2.75, 3.05) is 13.7 Å². The summed E-state index contributed by atoms with van der Waals surface area (Å²) in [7, 11) is 1.65. The van der Waals surface area contributed by atoms with Crippen molar-refractivity contribution in [2.45, 2.75) is 19.3 Å². The third-order valence-electron chi connectivity index (χ3n) is 2.88. The van der Waals surface area contributed by atoms with E-state index in [9.17, 15) is 13.2 Å². The number of nitrogens with one attached hydrogen (secondary N) is 2. The van der Waals surface area contributed by atoms with Gasteiger partial charge in [0.05, 0.1) is 6.54 Å². The zero-order chi connectivity index (χ0) is 17.4. The van der Waals surface area contributed by atoms with Gasteiger partial charge in [0.15, 0.2) is 12.6 Å². The lowest BCUT2D eigenvalue weighted by Crippen LogP contribution is -2.36. The van der Waals surface area contributed by atoms with E-state index in [2.05, 4.69) is 25.3 Å². The molecule has 2 rings (SSSR count). The molecule has 5 nitrogen and oxygen atoms in total. The molecule has 10 heteroatoms. The van der Waals surface area contributed by atoms with E-state index in [-0.39, 0.29) is 29.9 Å². The third kappa shape index (κ3) is 8.38. The lowest BCUT2D eigenvalue weighted by molar-refractivity contribution is -0.154. The first-order valence-corrected chi connectivity index (χ1v) is 7.95. The van der Waals surface area contributed by atoms with Gasteiger partial charge in [0.2, 0.25) is 5.88 Å². The number of halogens is 4. The van der Waals surface area contributed by atoms with E-state index in [0.29, 0.717) is 19.0 Å². The molecular weight excluding hydrogens is 468 g/mol. The average Bonchev–Trinajstić information content (AvgIpc) is 3.06. The molecule has 0 radical (unpaired) electrons. The van der Waals surface area contributed by atoms with E-state index in [0.717, 1.165) is 5.56 Å². The normalized spacial score (nSPS) is 11.6. The number of alkyl halides is 3. The van der Waals surface area contributed by atoms with Crippen LogP contribution in [-0.4, -0.2) is 30.8 Å². The highest BCUT2D eigenvalue weighted by molar-refractivity contribution is 14.0. The van der Waals surface area contributed by atoms with E-state index in [1.165, 1.54) is 17.1 Å². The molecule has 0 saturated carbocycles. The second kappa shape index (κ2) is 10.4. The molecule has 0 saturated heterocycles. The van der Waals surface area contributed by atoms with E-state index in [1.54, 1.807) is 24.5 Å². The molecule has 0 aliphatic carbocycles. The van der Waals surface area contributed by atoms with Crippen LogP contribution in [0.2, 0.25) is 0 Å². The summed E-state index contributed by atoms with van der Waals surface area (Å²) in [4.78, 5) is 9.03. The molecule has 0 spiro atoms. The molecule has 0 unspecified atom stereocenters. The standard InChI is InChI=1S/C15H17F3N4OS.HI/c1-19-14(22-9-12-3-2-6-24-12)21-8-11-4-5-20-13(7-11)23-10-15(16,17)18;/h2-7H,8-10H2,1H3,(H2,19,21,22);1H. The van der Waals surface area contributed by atoms with Gasteiger partial charge in [-0.3, -0.25) is 4.99 Å². The number of hydrogen-bond donors (Lipinski definition) is 2. The second-order valence-electron chi connectivity index (χ2n) is 4.76. The average molecular weight is 486 g/mol. The van der Waals surface area contributed by atoms with Crippen LogP contribution in [0.5, 0.6) is 5.88 Å². The lowest BCUT2D eigenvalue weighted by Gasteiger charge is -2.12. The third-order valence-corrected chi connectivity index (χ3v) is 3.75. The van der Waals surface area contributed by atoms with Crippen LogP contribution in [-0.2, 0) is 13.1 Å². The lowest BCUT2D eigenvalue weighted by atomic mass is 10.2. The van der Waals surface area contributed by atoms with Crippen molar-refractivity contribution in [1.82, 2.24) is 15.6 Å². The number of thiophene rings is 1. The summed E-state index contributed by atoms with van der Waals surface area (Å²) < 4.78 is 41.1. The Balaban J connectivity index is 0.00000312. The first-order valence-electron chi connectivity index (χ1n) is 7.07. The molecule has 2 aromatic heterocycles. The Kier molecular flexibility index (Phi) is 8.97. The van der Waals surface area contributed by atoms with Crippen molar-refractivity contribution in [2.24, 2.45) is 4.99 Å². The first kappa shape index (κ1) is 21.5. The molecule has 2 heterocycles. The highest BCUT2D eigenvalue weighted by Crippen LogP contribution is 2.17. The van der Waals surface area contributed by atoms with Gasteiger partial charge >= 0.3 is 6.18 Å².